The van der Waals surface area contributed by atoms with E-state index >= 15 is 0 Å². The zero-order chi connectivity index (χ0) is 16.1. The molecule has 1 aromatic heterocycles. The van der Waals surface area contributed by atoms with Gasteiger partial charge in [0.15, 0.2) is 0 Å². The molecule has 1 aromatic carbocycles. The lowest BCUT2D eigenvalue weighted by molar-refractivity contribution is 0.265. The Kier molecular flexibility index (Phi) is 5.57. The van der Waals surface area contributed by atoms with Crippen molar-refractivity contribution in [1.82, 2.24) is 15.1 Å². The van der Waals surface area contributed by atoms with Crippen molar-refractivity contribution < 1.29 is 4.74 Å². The molecule has 0 bridgehead atoms. The highest BCUT2D eigenvalue weighted by atomic mass is 35.5. The number of benzene rings is 1. The third-order valence-electron chi connectivity index (χ3n) is 4.35. The molecular formula is C18H24ClN3O. The molecular weight excluding hydrogens is 310 g/mol. The van der Waals surface area contributed by atoms with Gasteiger partial charge in [-0.25, -0.2) is 0 Å². The Morgan fingerprint density at radius 3 is 2.78 bits per heavy atom. The first kappa shape index (κ1) is 16.3. The van der Waals surface area contributed by atoms with E-state index in [0.29, 0.717) is 17.7 Å². The van der Waals surface area contributed by atoms with E-state index in [2.05, 4.69) is 16.1 Å². The van der Waals surface area contributed by atoms with Crippen molar-refractivity contribution in [3.05, 3.63) is 46.7 Å². The van der Waals surface area contributed by atoms with Gasteiger partial charge in [0.1, 0.15) is 12.4 Å². The molecule has 0 unspecified atom stereocenters. The Morgan fingerprint density at radius 1 is 1.26 bits per heavy atom. The number of hydrogen-bond donors (Lipinski definition) is 1. The van der Waals surface area contributed by atoms with Crippen molar-refractivity contribution in [1.29, 1.82) is 0 Å². The normalized spacial score (nSPS) is 15.7. The Morgan fingerprint density at radius 2 is 2.04 bits per heavy atom. The second-order valence-corrected chi connectivity index (χ2v) is 6.52. The lowest BCUT2D eigenvalue weighted by atomic mass is 9.95. The topological polar surface area (TPSA) is 39.1 Å². The summed E-state index contributed by atoms with van der Waals surface area (Å²) in [5, 5.41) is 8.62. The molecule has 1 aliphatic carbocycles. The van der Waals surface area contributed by atoms with E-state index in [1.54, 1.807) is 0 Å². The second kappa shape index (κ2) is 7.84. The number of rotatable bonds is 6. The fraction of sp³-hybridized carbons (Fsp3) is 0.500. The summed E-state index contributed by atoms with van der Waals surface area (Å²) in [6, 6.07) is 10.2. The predicted octanol–water partition coefficient (Wildman–Crippen LogP) is 4.34. The first-order chi connectivity index (χ1) is 11.3. The highest BCUT2D eigenvalue weighted by Crippen LogP contribution is 2.30. The fourth-order valence-corrected chi connectivity index (χ4v) is 3.41. The smallest absolute Gasteiger partial charge is 0.138 e. The van der Waals surface area contributed by atoms with Crippen LogP contribution in [0.2, 0.25) is 5.02 Å². The Balaban J connectivity index is 1.77. The maximum absolute atomic E-state index is 6.18. The van der Waals surface area contributed by atoms with Crippen LogP contribution >= 0.6 is 11.6 Å². The van der Waals surface area contributed by atoms with Crippen molar-refractivity contribution in [3.63, 3.8) is 0 Å². The lowest BCUT2D eigenvalue weighted by Gasteiger charge is -2.24. The van der Waals surface area contributed by atoms with Gasteiger partial charge in [0.05, 0.1) is 22.5 Å². The van der Waals surface area contributed by atoms with E-state index in [9.17, 15) is 0 Å². The summed E-state index contributed by atoms with van der Waals surface area (Å²) in [5.41, 5.74) is 2.19. The maximum Gasteiger partial charge on any atom is 0.138 e. The van der Waals surface area contributed by atoms with Gasteiger partial charge in [-0.05, 0) is 38.1 Å². The zero-order valence-corrected chi connectivity index (χ0v) is 14.4. The van der Waals surface area contributed by atoms with Gasteiger partial charge in [-0.3, -0.25) is 4.68 Å². The number of para-hydroxylation sites is 1. The molecule has 0 amide bonds. The van der Waals surface area contributed by atoms with Gasteiger partial charge in [-0.15, -0.1) is 0 Å². The molecule has 0 atom stereocenters. The lowest BCUT2D eigenvalue weighted by Crippen LogP contribution is -2.18. The van der Waals surface area contributed by atoms with E-state index in [-0.39, 0.29) is 0 Å². The Labute approximate surface area is 142 Å². The van der Waals surface area contributed by atoms with Crippen LogP contribution < -0.4 is 10.1 Å². The number of nitrogens with zero attached hydrogens (tertiary/aromatic N) is 2. The van der Waals surface area contributed by atoms with E-state index in [0.717, 1.165) is 23.7 Å². The first-order valence-electron chi connectivity index (χ1n) is 8.37. The number of ether oxygens (including phenoxy) is 1. The molecule has 23 heavy (non-hydrogen) atoms. The zero-order valence-electron chi connectivity index (χ0n) is 13.6. The fourth-order valence-electron chi connectivity index (χ4n) is 3.22. The molecule has 0 spiro atoms. The standard InChI is InChI=1S/C18H24ClN3O/c1-20-12-14-11-16(13-23-18-10-6-5-9-17(18)19)22(21-14)15-7-3-2-4-8-15/h5-6,9-11,15,20H,2-4,7-8,12-13H2,1H3. The van der Waals surface area contributed by atoms with E-state index in [4.69, 9.17) is 21.4 Å². The molecule has 0 aliphatic heterocycles. The summed E-state index contributed by atoms with van der Waals surface area (Å²) in [5.74, 6) is 0.723. The van der Waals surface area contributed by atoms with E-state index < -0.39 is 0 Å². The van der Waals surface area contributed by atoms with Gasteiger partial charge < -0.3 is 10.1 Å². The van der Waals surface area contributed by atoms with Crippen LogP contribution in [0.15, 0.2) is 30.3 Å². The monoisotopic (exact) mass is 333 g/mol. The van der Waals surface area contributed by atoms with Crippen molar-refractivity contribution in [2.75, 3.05) is 7.05 Å². The minimum absolute atomic E-state index is 0.497. The summed E-state index contributed by atoms with van der Waals surface area (Å²) in [6.07, 6.45) is 6.33. The molecule has 1 fully saturated rings. The average molecular weight is 334 g/mol. The Bertz CT molecular complexity index is 635. The van der Waals surface area contributed by atoms with Crippen LogP contribution in [0.25, 0.3) is 0 Å². The third kappa shape index (κ3) is 4.06. The second-order valence-electron chi connectivity index (χ2n) is 6.11. The maximum atomic E-state index is 6.18. The summed E-state index contributed by atoms with van der Waals surface area (Å²) in [6.45, 7) is 1.27. The van der Waals surface area contributed by atoms with Gasteiger partial charge in [0.25, 0.3) is 0 Å². The molecule has 124 valence electrons. The number of halogens is 1. The van der Waals surface area contributed by atoms with Crippen molar-refractivity contribution in [3.8, 4) is 5.75 Å². The summed E-state index contributed by atoms with van der Waals surface area (Å²) in [7, 11) is 1.94. The molecule has 1 saturated carbocycles. The quantitative estimate of drug-likeness (QED) is 0.854. The number of aromatic nitrogens is 2. The minimum Gasteiger partial charge on any atom is -0.486 e. The van der Waals surface area contributed by atoms with Crippen LogP contribution in [-0.4, -0.2) is 16.8 Å². The number of hydrogen-bond acceptors (Lipinski definition) is 3. The molecule has 0 saturated heterocycles. The molecule has 0 radical (unpaired) electrons. The van der Waals surface area contributed by atoms with Crippen LogP contribution in [0.1, 0.15) is 49.5 Å². The summed E-state index contributed by atoms with van der Waals surface area (Å²) in [4.78, 5) is 0. The average Bonchev–Trinajstić information content (AvgIpc) is 2.98. The van der Waals surface area contributed by atoms with Gasteiger partial charge >= 0.3 is 0 Å². The summed E-state index contributed by atoms with van der Waals surface area (Å²) >= 11 is 6.18. The molecule has 4 nitrogen and oxygen atoms in total. The third-order valence-corrected chi connectivity index (χ3v) is 4.67. The van der Waals surface area contributed by atoms with Crippen LogP contribution in [-0.2, 0) is 13.2 Å². The highest BCUT2D eigenvalue weighted by Gasteiger charge is 2.20. The van der Waals surface area contributed by atoms with Gasteiger partial charge in [0.2, 0.25) is 0 Å². The molecule has 1 N–H and O–H groups in total. The molecule has 1 heterocycles. The van der Waals surface area contributed by atoms with E-state index in [1.165, 1.54) is 32.1 Å². The van der Waals surface area contributed by atoms with Crippen LogP contribution in [0.5, 0.6) is 5.75 Å². The molecule has 2 aromatic rings. The minimum atomic E-state index is 0.497. The number of nitrogens with one attached hydrogen (secondary N) is 1. The predicted molar refractivity (Wildman–Crippen MR) is 92.9 cm³/mol. The van der Waals surface area contributed by atoms with Crippen LogP contribution in [0.3, 0.4) is 0 Å². The Hall–Kier alpha value is -1.52. The van der Waals surface area contributed by atoms with Crippen molar-refractivity contribution in [2.45, 2.75) is 51.3 Å². The van der Waals surface area contributed by atoms with Gasteiger partial charge in [0, 0.05) is 6.54 Å². The molecule has 5 heteroatoms. The van der Waals surface area contributed by atoms with Gasteiger partial charge in [-0.2, -0.15) is 5.10 Å². The van der Waals surface area contributed by atoms with E-state index in [1.807, 2.05) is 31.3 Å². The van der Waals surface area contributed by atoms with Crippen LogP contribution in [0, 0.1) is 0 Å². The van der Waals surface area contributed by atoms with Gasteiger partial charge in [-0.1, -0.05) is 43.0 Å². The first-order valence-corrected chi connectivity index (χ1v) is 8.75. The highest BCUT2D eigenvalue weighted by molar-refractivity contribution is 6.32. The summed E-state index contributed by atoms with van der Waals surface area (Å²) < 4.78 is 8.12. The van der Waals surface area contributed by atoms with Crippen molar-refractivity contribution in [2.24, 2.45) is 0 Å². The van der Waals surface area contributed by atoms with Crippen LogP contribution in [0.4, 0.5) is 0 Å². The SMILES string of the molecule is CNCc1cc(COc2ccccc2Cl)n(C2CCCCC2)n1. The largest absolute Gasteiger partial charge is 0.486 e. The van der Waals surface area contributed by atoms with Crippen molar-refractivity contribution >= 4 is 11.6 Å². The molecule has 1 aliphatic rings. The molecule has 3 rings (SSSR count).